The van der Waals surface area contributed by atoms with Crippen molar-refractivity contribution < 1.29 is 24.5 Å². The van der Waals surface area contributed by atoms with Crippen LogP contribution in [0.15, 0.2) is 36.5 Å². The van der Waals surface area contributed by atoms with E-state index in [0.717, 1.165) is 70.6 Å². The second kappa shape index (κ2) is 43.2. The third kappa shape index (κ3) is 38.7. The topological polar surface area (TPSA) is 95.9 Å². The van der Waals surface area contributed by atoms with Gasteiger partial charge >= 0.3 is 5.97 Å². The SMILES string of the molecule is CC/C=C/C=C/C=C\CCCCCC(CC(=O)NC(CO)C(O)CCCCCCCCCCCCC)OC(=O)CCCCCCCCCCCCCCCC. The van der Waals surface area contributed by atoms with E-state index >= 15 is 0 Å². The quantitative estimate of drug-likeness (QED) is 0.0326. The summed E-state index contributed by atoms with van der Waals surface area (Å²) in [6.07, 6.45) is 49.2. The second-order valence-electron chi connectivity index (χ2n) is 16.2. The Labute approximate surface area is 341 Å². The summed E-state index contributed by atoms with van der Waals surface area (Å²) in [4.78, 5) is 26.0. The van der Waals surface area contributed by atoms with Gasteiger partial charge in [0.25, 0.3) is 0 Å². The molecule has 0 saturated carbocycles. The molecule has 55 heavy (non-hydrogen) atoms. The molecule has 0 aliphatic carbocycles. The number of allylic oxidation sites excluding steroid dienone is 6. The molecule has 6 nitrogen and oxygen atoms in total. The van der Waals surface area contributed by atoms with Gasteiger partial charge in [0, 0.05) is 6.42 Å². The maximum Gasteiger partial charge on any atom is 0.306 e. The van der Waals surface area contributed by atoms with Gasteiger partial charge in [0.1, 0.15) is 6.10 Å². The molecule has 0 aromatic heterocycles. The van der Waals surface area contributed by atoms with Gasteiger partial charge in [0.05, 0.1) is 25.2 Å². The number of rotatable bonds is 42. The van der Waals surface area contributed by atoms with Crippen LogP contribution in [-0.2, 0) is 14.3 Å². The molecule has 3 atom stereocenters. The highest BCUT2D eigenvalue weighted by Gasteiger charge is 2.24. The highest BCUT2D eigenvalue weighted by molar-refractivity contribution is 5.77. The minimum Gasteiger partial charge on any atom is -0.462 e. The molecule has 1 amide bonds. The van der Waals surface area contributed by atoms with Crippen molar-refractivity contribution in [2.24, 2.45) is 0 Å². The van der Waals surface area contributed by atoms with Gasteiger partial charge in [-0.1, -0.05) is 218 Å². The highest BCUT2D eigenvalue weighted by atomic mass is 16.5. The first kappa shape index (κ1) is 53.1. The van der Waals surface area contributed by atoms with E-state index in [1.54, 1.807) is 0 Å². The first-order valence-corrected chi connectivity index (χ1v) is 23.7. The van der Waals surface area contributed by atoms with E-state index in [1.165, 1.54) is 122 Å². The van der Waals surface area contributed by atoms with Gasteiger partial charge in [-0.15, -0.1) is 0 Å². The number of carbonyl (C=O) groups excluding carboxylic acids is 2. The fourth-order valence-corrected chi connectivity index (χ4v) is 7.19. The van der Waals surface area contributed by atoms with Crippen molar-refractivity contribution in [2.75, 3.05) is 6.61 Å². The summed E-state index contributed by atoms with van der Waals surface area (Å²) in [6, 6.07) is -0.708. The Bertz CT molecular complexity index is 915. The van der Waals surface area contributed by atoms with Crippen molar-refractivity contribution in [3.63, 3.8) is 0 Å². The third-order valence-electron chi connectivity index (χ3n) is 10.8. The number of ether oxygens (including phenoxy) is 1. The van der Waals surface area contributed by atoms with Crippen molar-refractivity contribution >= 4 is 11.9 Å². The van der Waals surface area contributed by atoms with Crippen LogP contribution >= 0.6 is 0 Å². The molecular weight excluding hydrogens is 683 g/mol. The number of nitrogens with one attached hydrogen (secondary N) is 1. The number of hydrogen-bond donors (Lipinski definition) is 3. The van der Waals surface area contributed by atoms with Crippen molar-refractivity contribution in [1.29, 1.82) is 0 Å². The standard InChI is InChI=1S/C49H91NO5/c1-4-7-10-13-16-19-22-23-24-27-30-33-36-39-42-49(54)55-45(40-37-34-31-28-25-20-17-14-11-8-5-2)43-48(53)50-46(44-51)47(52)41-38-35-32-29-26-21-18-15-12-9-6-3/h8,11,14,17,20,25,45-47,51-52H,4-7,9-10,12-13,15-16,18-19,21-24,26-44H2,1-3H3,(H,50,53)/b11-8+,17-14+,25-20-. The zero-order valence-corrected chi connectivity index (χ0v) is 36.6. The Kier molecular flexibility index (Phi) is 41.7. The van der Waals surface area contributed by atoms with E-state index < -0.39 is 18.2 Å². The third-order valence-corrected chi connectivity index (χ3v) is 10.8. The predicted molar refractivity (Wildman–Crippen MR) is 236 cm³/mol. The number of aliphatic hydroxyl groups excluding tert-OH is 2. The van der Waals surface area contributed by atoms with Gasteiger partial charge in [-0.2, -0.15) is 0 Å². The molecule has 0 radical (unpaired) electrons. The molecule has 0 fully saturated rings. The van der Waals surface area contributed by atoms with Gasteiger partial charge in [-0.05, 0) is 44.9 Å². The Morgan fingerprint density at radius 1 is 0.545 bits per heavy atom. The first-order chi connectivity index (χ1) is 27.0. The largest absolute Gasteiger partial charge is 0.462 e. The number of hydrogen-bond acceptors (Lipinski definition) is 5. The zero-order valence-electron chi connectivity index (χ0n) is 36.6. The molecule has 3 N–H and O–H groups in total. The highest BCUT2D eigenvalue weighted by Crippen LogP contribution is 2.17. The molecule has 322 valence electrons. The minimum absolute atomic E-state index is 0.0577. The average molecular weight is 774 g/mol. The number of aliphatic hydroxyl groups is 2. The van der Waals surface area contributed by atoms with Crippen LogP contribution in [0.4, 0.5) is 0 Å². The molecule has 0 rings (SSSR count). The predicted octanol–water partition coefficient (Wildman–Crippen LogP) is 13.7. The van der Waals surface area contributed by atoms with Gasteiger partial charge in [0.15, 0.2) is 0 Å². The van der Waals surface area contributed by atoms with Crippen molar-refractivity contribution in [2.45, 2.75) is 257 Å². The summed E-state index contributed by atoms with van der Waals surface area (Å²) in [6.45, 7) is 6.33. The lowest BCUT2D eigenvalue weighted by atomic mass is 10.0. The second-order valence-corrected chi connectivity index (χ2v) is 16.2. The minimum atomic E-state index is -0.792. The van der Waals surface area contributed by atoms with E-state index in [9.17, 15) is 19.8 Å². The van der Waals surface area contributed by atoms with E-state index in [-0.39, 0.29) is 24.9 Å². The molecule has 0 aromatic rings. The van der Waals surface area contributed by atoms with Crippen LogP contribution in [0.2, 0.25) is 0 Å². The van der Waals surface area contributed by atoms with Gasteiger partial charge in [-0.3, -0.25) is 9.59 Å². The summed E-state index contributed by atoms with van der Waals surface area (Å²) >= 11 is 0. The average Bonchev–Trinajstić information content (AvgIpc) is 3.18. The summed E-state index contributed by atoms with van der Waals surface area (Å²) in [5.74, 6) is -0.503. The van der Waals surface area contributed by atoms with Crippen LogP contribution in [0.1, 0.15) is 239 Å². The molecule has 6 heteroatoms. The summed E-state index contributed by atoms with van der Waals surface area (Å²) in [5.41, 5.74) is 0. The van der Waals surface area contributed by atoms with Crippen LogP contribution < -0.4 is 5.32 Å². The molecule has 0 aromatic carbocycles. The van der Waals surface area contributed by atoms with Crippen LogP contribution in [0.5, 0.6) is 0 Å². The Hall–Kier alpha value is -1.92. The number of carbonyl (C=O) groups is 2. The monoisotopic (exact) mass is 774 g/mol. The van der Waals surface area contributed by atoms with Gasteiger partial charge < -0.3 is 20.3 Å². The number of unbranched alkanes of at least 4 members (excludes halogenated alkanes) is 26. The first-order valence-electron chi connectivity index (χ1n) is 23.7. The Balaban J connectivity index is 4.58. The van der Waals surface area contributed by atoms with Crippen LogP contribution in [0.3, 0.4) is 0 Å². The molecule has 0 heterocycles. The lowest BCUT2D eigenvalue weighted by molar-refractivity contribution is -0.151. The van der Waals surface area contributed by atoms with Crippen molar-refractivity contribution in [1.82, 2.24) is 5.32 Å². The normalized spacial score (nSPS) is 13.6. The lowest BCUT2D eigenvalue weighted by Crippen LogP contribution is -2.46. The molecule has 0 aliphatic rings. The van der Waals surface area contributed by atoms with Crippen LogP contribution in [-0.4, -0.2) is 46.9 Å². The summed E-state index contributed by atoms with van der Waals surface area (Å²) in [7, 11) is 0. The maximum atomic E-state index is 13.1. The van der Waals surface area contributed by atoms with E-state index in [4.69, 9.17) is 4.74 Å². The fourth-order valence-electron chi connectivity index (χ4n) is 7.19. The smallest absolute Gasteiger partial charge is 0.306 e. The molecule has 0 bridgehead atoms. The van der Waals surface area contributed by atoms with E-state index in [0.29, 0.717) is 19.3 Å². The maximum absolute atomic E-state index is 13.1. The molecule has 3 unspecified atom stereocenters. The van der Waals surface area contributed by atoms with Gasteiger partial charge in [-0.25, -0.2) is 0 Å². The Morgan fingerprint density at radius 3 is 1.47 bits per heavy atom. The summed E-state index contributed by atoms with van der Waals surface area (Å²) in [5, 5.41) is 23.6. The lowest BCUT2D eigenvalue weighted by Gasteiger charge is -2.24. The molecule has 0 spiro atoms. The zero-order chi connectivity index (χ0) is 40.3. The Morgan fingerprint density at radius 2 is 0.982 bits per heavy atom. The number of esters is 1. The van der Waals surface area contributed by atoms with Gasteiger partial charge in [0.2, 0.25) is 5.91 Å². The van der Waals surface area contributed by atoms with Crippen LogP contribution in [0.25, 0.3) is 0 Å². The van der Waals surface area contributed by atoms with E-state index in [1.807, 2.05) is 12.2 Å². The van der Waals surface area contributed by atoms with Crippen molar-refractivity contribution in [3.8, 4) is 0 Å². The van der Waals surface area contributed by atoms with Crippen molar-refractivity contribution in [3.05, 3.63) is 36.5 Å². The van der Waals surface area contributed by atoms with E-state index in [2.05, 4.69) is 50.4 Å². The molecule has 0 saturated heterocycles. The number of amides is 1. The summed E-state index contributed by atoms with van der Waals surface area (Å²) < 4.78 is 5.89. The fraction of sp³-hybridized carbons (Fsp3) is 0.837. The molecule has 0 aliphatic heterocycles. The molecular formula is C49H91NO5. The van der Waals surface area contributed by atoms with Crippen LogP contribution in [0, 0.1) is 0 Å².